The number of halogens is 1. The molecule has 1 aliphatic carbocycles. The summed E-state index contributed by atoms with van der Waals surface area (Å²) in [6.07, 6.45) is 4.72. The molecular formula is C24H30FN3O7. The van der Waals surface area contributed by atoms with Crippen molar-refractivity contribution in [2.24, 2.45) is 0 Å². The van der Waals surface area contributed by atoms with Crippen molar-refractivity contribution in [3.63, 3.8) is 0 Å². The highest BCUT2D eigenvalue weighted by Gasteiger charge is 2.40. The number of carboxylic acids is 3. The Hall–Kier alpha value is -3.31. The van der Waals surface area contributed by atoms with Crippen molar-refractivity contribution >= 4 is 17.9 Å². The molecule has 1 saturated carbocycles. The second kappa shape index (κ2) is 11.4. The lowest BCUT2D eigenvalue weighted by atomic mass is 9.96. The quantitative estimate of drug-likeness (QED) is 0.391. The second-order valence-corrected chi connectivity index (χ2v) is 8.89. The summed E-state index contributed by atoms with van der Waals surface area (Å²) in [7, 11) is 0. The zero-order chi connectivity index (χ0) is 25.6. The van der Waals surface area contributed by atoms with Crippen LogP contribution in [0.15, 0.2) is 24.3 Å². The van der Waals surface area contributed by atoms with Gasteiger partial charge < -0.3 is 25.7 Å². The predicted octanol–water partition coefficient (Wildman–Crippen LogP) is 2.24. The Morgan fingerprint density at radius 1 is 1.00 bits per heavy atom. The molecular weight excluding hydrogens is 461 g/mol. The molecule has 0 saturated heterocycles. The fourth-order valence-electron chi connectivity index (χ4n) is 4.57. The number of nitrogens with zero attached hydrogens (tertiary/aromatic N) is 2. The number of rotatable bonds is 7. The normalized spacial score (nSPS) is 16.1. The molecule has 2 heterocycles. The van der Waals surface area contributed by atoms with Crippen molar-refractivity contribution in [1.82, 2.24) is 15.1 Å². The number of carbonyl (C=O) groups is 3. The third-order valence-electron chi connectivity index (χ3n) is 6.26. The van der Waals surface area contributed by atoms with E-state index in [4.69, 9.17) is 25.5 Å². The smallest absolute Gasteiger partial charge is 0.336 e. The van der Waals surface area contributed by atoms with E-state index in [0.717, 1.165) is 31.5 Å². The number of aromatic nitrogens is 2. The molecule has 1 aromatic carbocycles. The molecule has 0 spiro atoms. The summed E-state index contributed by atoms with van der Waals surface area (Å²) in [4.78, 5) is 30.5. The van der Waals surface area contributed by atoms with Crippen molar-refractivity contribution in [3.8, 4) is 11.3 Å². The lowest BCUT2D eigenvalue weighted by Crippen LogP contribution is -2.42. The van der Waals surface area contributed by atoms with Gasteiger partial charge in [0, 0.05) is 24.1 Å². The average Bonchev–Trinajstić information content (AvgIpc) is 3.36. The van der Waals surface area contributed by atoms with Gasteiger partial charge in [0.05, 0.1) is 30.3 Å². The van der Waals surface area contributed by atoms with E-state index in [1.165, 1.54) is 42.6 Å². The molecule has 0 atom stereocenters. The molecule has 1 aromatic heterocycles. The van der Waals surface area contributed by atoms with Crippen LogP contribution in [0.25, 0.3) is 11.3 Å². The number of aliphatic hydroxyl groups is 1. The molecule has 190 valence electrons. The number of hydrogen-bond acceptors (Lipinski definition) is 6. The van der Waals surface area contributed by atoms with Gasteiger partial charge >= 0.3 is 17.9 Å². The van der Waals surface area contributed by atoms with Crippen molar-refractivity contribution in [2.45, 2.75) is 63.0 Å². The van der Waals surface area contributed by atoms with Crippen LogP contribution < -0.4 is 5.32 Å². The van der Waals surface area contributed by atoms with Crippen molar-refractivity contribution in [1.29, 1.82) is 0 Å². The van der Waals surface area contributed by atoms with Gasteiger partial charge in [-0.15, -0.1) is 0 Å². The number of hydrogen-bond donors (Lipinski definition) is 5. The zero-order valence-corrected chi connectivity index (χ0v) is 19.2. The van der Waals surface area contributed by atoms with Crippen LogP contribution in [0.1, 0.15) is 55.8 Å². The Bertz CT molecular complexity index is 1050. The topological polar surface area (TPSA) is 162 Å². The third-order valence-corrected chi connectivity index (χ3v) is 6.26. The summed E-state index contributed by atoms with van der Waals surface area (Å²) in [5.74, 6) is -5.20. The SMILES string of the molecule is Fc1ccc(-c2c3c(nn2C2CCCC2)CCNCC3)cc1.O=C(O)CC(O)(CC(=O)O)C(=O)O. The van der Waals surface area contributed by atoms with Crippen molar-refractivity contribution in [3.05, 3.63) is 41.3 Å². The Labute approximate surface area is 201 Å². The van der Waals surface area contributed by atoms with Gasteiger partial charge in [-0.1, -0.05) is 12.8 Å². The molecule has 0 unspecified atom stereocenters. The van der Waals surface area contributed by atoms with Crippen molar-refractivity contribution in [2.75, 3.05) is 13.1 Å². The highest BCUT2D eigenvalue weighted by molar-refractivity contribution is 5.88. The van der Waals surface area contributed by atoms with E-state index in [-0.39, 0.29) is 5.82 Å². The minimum absolute atomic E-state index is 0.177. The molecule has 10 nitrogen and oxygen atoms in total. The molecule has 4 rings (SSSR count). The fraction of sp³-hybridized carbons (Fsp3) is 0.500. The lowest BCUT2D eigenvalue weighted by Gasteiger charge is -2.18. The number of fused-ring (bicyclic) bond motifs is 1. The maximum atomic E-state index is 13.3. The minimum Gasteiger partial charge on any atom is -0.481 e. The highest BCUT2D eigenvalue weighted by atomic mass is 19.1. The molecule has 5 N–H and O–H groups in total. The lowest BCUT2D eigenvalue weighted by molar-refractivity contribution is -0.170. The Kier molecular flexibility index (Phi) is 8.57. The van der Waals surface area contributed by atoms with Crippen LogP contribution >= 0.6 is 0 Å². The van der Waals surface area contributed by atoms with Crippen LogP contribution in [0, 0.1) is 5.82 Å². The average molecular weight is 492 g/mol. The van der Waals surface area contributed by atoms with Gasteiger partial charge in [0.2, 0.25) is 0 Å². The largest absolute Gasteiger partial charge is 0.481 e. The van der Waals surface area contributed by atoms with E-state index in [2.05, 4.69) is 10.00 Å². The number of aliphatic carboxylic acids is 3. The molecule has 1 fully saturated rings. The summed E-state index contributed by atoms with van der Waals surface area (Å²) >= 11 is 0. The molecule has 35 heavy (non-hydrogen) atoms. The van der Waals surface area contributed by atoms with E-state index in [9.17, 15) is 18.8 Å². The molecule has 11 heteroatoms. The van der Waals surface area contributed by atoms with E-state index in [0.29, 0.717) is 6.04 Å². The van der Waals surface area contributed by atoms with Gasteiger partial charge in [0.15, 0.2) is 5.60 Å². The highest BCUT2D eigenvalue weighted by Crippen LogP contribution is 2.36. The van der Waals surface area contributed by atoms with Gasteiger partial charge in [-0.25, -0.2) is 9.18 Å². The second-order valence-electron chi connectivity index (χ2n) is 8.89. The van der Waals surface area contributed by atoms with Gasteiger partial charge in [-0.3, -0.25) is 14.3 Å². The number of nitrogens with one attached hydrogen (secondary N) is 1. The van der Waals surface area contributed by atoms with Gasteiger partial charge in [-0.05, 0) is 50.1 Å². The summed E-state index contributed by atoms with van der Waals surface area (Å²) in [5.41, 5.74) is 2.19. The van der Waals surface area contributed by atoms with Gasteiger partial charge in [-0.2, -0.15) is 5.10 Å². The van der Waals surface area contributed by atoms with Crippen LogP contribution in [-0.2, 0) is 27.2 Å². The van der Waals surface area contributed by atoms with Crippen LogP contribution in [0.5, 0.6) is 0 Å². The van der Waals surface area contributed by atoms with Crippen molar-refractivity contribution < 1.29 is 39.2 Å². The molecule has 0 bridgehead atoms. The van der Waals surface area contributed by atoms with Gasteiger partial charge in [0.25, 0.3) is 0 Å². The summed E-state index contributed by atoms with van der Waals surface area (Å²) in [5, 5.41) is 42.2. The number of benzene rings is 1. The summed E-state index contributed by atoms with van der Waals surface area (Å²) in [6, 6.07) is 7.43. The van der Waals surface area contributed by atoms with Crippen LogP contribution in [-0.4, -0.2) is 66.8 Å². The Morgan fingerprint density at radius 3 is 2.11 bits per heavy atom. The van der Waals surface area contributed by atoms with E-state index in [1.807, 2.05) is 12.1 Å². The first kappa shape index (κ1) is 26.3. The molecule has 2 aliphatic rings. The first-order valence-electron chi connectivity index (χ1n) is 11.6. The summed E-state index contributed by atoms with van der Waals surface area (Å²) < 4.78 is 15.6. The van der Waals surface area contributed by atoms with E-state index >= 15 is 0 Å². The van der Waals surface area contributed by atoms with Crippen LogP contribution in [0.4, 0.5) is 4.39 Å². The maximum absolute atomic E-state index is 13.3. The Morgan fingerprint density at radius 2 is 1.57 bits per heavy atom. The van der Waals surface area contributed by atoms with Crippen LogP contribution in [0.3, 0.4) is 0 Å². The first-order valence-corrected chi connectivity index (χ1v) is 11.6. The molecule has 0 amide bonds. The minimum atomic E-state index is -2.74. The Balaban J connectivity index is 0.000000228. The van der Waals surface area contributed by atoms with Gasteiger partial charge in [0.1, 0.15) is 5.82 Å². The molecule has 0 radical (unpaired) electrons. The fourth-order valence-corrected chi connectivity index (χ4v) is 4.57. The maximum Gasteiger partial charge on any atom is 0.336 e. The first-order chi connectivity index (χ1) is 16.6. The zero-order valence-electron chi connectivity index (χ0n) is 19.2. The van der Waals surface area contributed by atoms with E-state index < -0.39 is 36.4 Å². The summed E-state index contributed by atoms with van der Waals surface area (Å²) in [6.45, 7) is 2.00. The molecule has 1 aliphatic heterocycles. The predicted molar refractivity (Wildman–Crippen MR) is 122 cm³/mol. The monoisotopic (exact) mass is 491 g/mol. The standard InChI is InChI=1S/C18H22FN3.C6H8O7/c19-14-7-5-13(6-8-14)18-16-9-11-20-12-10-17(16)21-22(18)15-3-1-2-4-15;7-3(8)1-6(13,5(11)12)2-4(9)10/h5-8,15,20H,1-4,9-12H2;13H,1-2H2,(H,7,8)(H,9,10)(H,11,12). The third kappa shape index (κ3) is 6.64. The van der Waals surface area contributed by atoms with E-state index in [1.54, 1.807) is 12.1 Å². The van der Waals surface area contributed by atoms with Crippen LogP contribution in [0.2, 0.25) is 0 Å². The number of carboxylic acid groups (broad SMARTS) is 3. The molecule has 2 aromatic rings.